The summed E-state index contributed by atoms with van der Waals surface area (Å²) < 4.78 is 0. The molecule has 1 unspecified atom stereocenters. The highest BCUT2D eigenvalue weighted by Gasteiger charge is 2.45. The molecule has 0 aromatic heterocycles. The van der Waals surface area contributed by atoms with Gasteiger partial charge >= 0.3 is 0 Å². The summed E-state index contributed by atoms with van der Waals surface area (Å²) >= 11 is 0. The molecule has 142 valence electrons. The minimum absolute atomic E-state index is 0.0723. The minimum atomic E-state index is -0.946. The Morgan fingerprint density at radius 1 is 1.22 bits per heavy atom. The van der Waals surface area contributed by atoms with Crippen LogP contribution in [0.15, 0.2) is 18.2 Å². The molecule has 1 aromatic rings. The molecule has 4 N–H and O–H groups in total. The molecular formula is C19H22N4O4. The standard InChI is InChI=1S/C19H22N4O4/c1-19(7-11(20)8-19)21-9-10-3-2-4-12-15(10)18(27)23(17(12)26)13-5-6-14(24)22-16(13)25/h2-4,11,13,21H,5-9,20H2,1H3,(H,22,24,25). The second kappa shape index (κ2) is 6.24. The van der Waals surface area contributed by atoms with Gasteiger partial charge in [0.1, 0.15) is 6.04 Å². The van der Waals surface area contributed by atoms with Crippen LogP contribution in [-0.4, -0.2) is 46.2 Å². The van der Waals surface area contributed by atoms with Crippen LogP contribution in [0, 0.1) is 0 Å². The number of piperidine rings is 1. The van der Waals surface area contributed by atoms with Crippen LogP contribution in [0.2, 0.25) is 0 Å². The minimum Gasteiger partial charge on any atom is -0.328 e. The number of imide groups is 2. The zero-order valence-corrected chi connectivity index (χ0v) is 15.1. The van der Waals surface area contributed by atoms with Crippen molar-refractivity contribution in [1.29, 1.82) is 0 Å². The molecular weight excluding hydrogens is 348 g/mol. The summed E-state index contributed by atoms with van der Waals surface area (Å²) in [5.41, 5.74) is 7.17. The van der Waals surface area contributed by atoms with E-state index in [-0.39, 0.29) is 30.3 Å². The van der Waals surface area contributed by atoms with Crippen LogP contribution in [0.5, 0.6) is 0 Å². The second-order valence-electron chi connectivity index (χ2n) is 7.87. The average molecular weight is 370 g/mol. The molecule has 1 aliphatic carbocycles. The summed E-state index contributed by atoms with van der Waals surface area (Å²) in [6.45, 7) is 2.52. The molecule has 3 aliphatic rings. The van der Waals surface area contributed by atoms with Crippen LogP contribution < -0.4 is 16.4 Å². The van der Waals surface area contributed by atoms with Crippen LogP contribution in [0.3, 0.4) is 0 Å². The van der Waals surface area contributed by atoms with Gasteiger partial charge in [0.15, 0.2) is 0 Å². The third kappa shape index (κ3) is 2.94. The first kappa shape index (κ1) is 17.8. The number of amides is 4. The number of nitrogens with zero attached hydrogens (tertiary/aromatic N) is 1. The van der Waals surface area contributed by atoms with Gasteiger partial charge in [-0.3, -0.25) is 29.4 Å². The first-order valence-corrected chi connectivity index (χ1v) is 9.13. The van der Waals surface area contributed by atoms with Crippen LogP contribution in [0.25, 0.3) is 0 Å². The van der Waals surface area contributed by atoms with Gasteiger partial charge in [0, 0.05) is 24.5 Å². The molecule has 27 heavy (non-hydrogen) atoms. The predicted octanol–water partition coefficient (Wildman–Crippen LogP) is 0.0572. The molecule has 4 amide bonds. The Morgan fingerprint density at radius 2 is 1.96 bits per heavy atom. The molecule has 0 radical (unpaired) electrons. The Balaban J connectivity index is 1.58. The Bertz CT molecular complexity index is 859. The molecule has 8 nitrogen and oxygen atoms in total. The van der Waals surface area contributed by atoms with E-state index in [0.29, 0.717) is 17.7 Å². The van der Waals surface area contributed by atoms with E-state index in [2.05, 4.69) is 17.6 Å². The molecule has 2 heterocycles. The lowest BCUT2D eigenvalue weighted by Crippen LogP contribution is -2.58. The first-order chi connectivity index (χ1) is 12.8. The predicted molar refractivity (Wildman–Crippen MR) is 95.6 cm³/mol. The van der Waals surface area contributed by atoms with Crippen molar-refractivity contribution in [3.63, 3.8) is 0 Å². The van der Waals surface area contributed by atoms with Gasteiger partial charge in [-0.2, -0.15) is 0 Å². The fourth-order valence-corrected chi connectivity index (χ4v) is 4.28. The normalized spacial score (nSPS) is 30.2. The van der Waals surface area contributed by atoms with Gasteiger partial charge < -0.3 is 11.1 Å². The van der Waals surface area contributed by atoms with Gasteiger partial charge in [-0.05, 0) is 37.8 Å². The number of hydrogen-bond donors (Lipinski definition) is 3. The van der Waals surface area contributed by atoms with E-state index < -0.39 is 23.8 Å². The Hall–Kier alpha value is -2.58. The molecule has 0 bridgehead atoms. The highest BCUT2D eigenvalue weighted by molar-refractivity contribution is 6.24. The van der Waals surface area contributed by atoms with Crippen LogP contribution >= 0.6 is 0 Å². The lowest BCUT2D eigenvalue weighted by Gasteiger charge is -2.44. The van der Waals surface area contributed by atoms with Crippen molar-refractivity contribution in [3.05, 3.63) is 34.9 Å². The van der Waals surface area contributed by atoms with Crippen molar-refractivity contribution in [2.45, 2.75) is 56.8 Å². The summed E-state index contributed by atoms with van der Waals surface area (Å²) in [5.74, 6) is -1.94. The summed E-state index contributed by atoms with van der Waals surface area (Å²) in [6.07, 6.45) is 1.98. The molecule has 0 spiro atoms. The van der Waals surface area contributed by atoms with Crippen molar-refractivity contribution in [2.24, 2.45) is 5.73 Å². The number of nitrogens with two attached hydrogens (primary N) is 1. The monoisotopic (exact) mass is 370 g/mol. The summed E-state index contributed by atoms with van der Waals surface area (Å²) in [6, 6.07) is 4.40. The molecule has 4 rings (SSSR count). The van der Waals surface area contributed by atoms with Crippen LogP contribution in [0.1, 0.15) is 58.9 Å². The fourth-order valence-electron chi connectivity index (χ4n) is 4.28. The SMILES string of the molecule is CC1(NCc2cccc3c2C(=O)N(C2CCC(=O)NC2=O)C3=O)CC(N)C1. The van der Waals surface area contributed by atoms with Crippen molar-refractivity contribution in [3.8, 4) is 0 Å². The highest BCUT2D eigenvalue weighted by atomic mass is 16.2. The topological polar surface area (TPSA) is 122 Å². The zero-order valence-electron chi connectivity index (χ0n) is 15.1. The van der Waals surface area contributed by atoms with Crippen LogP contribution in [0.4, 0.5) is 0 Å². The number of fused-ring (bicyclic) bond motifs is 1. The first-order valence-electron chi connectivity index (χ1n) is 9.13. The maximum Gasteiger partial charge on any atom is 0.262 e. The largest absolute Gasteiger partial charge is 0.328 e. The third-order valence-corrected chi connectivity index (χ3v) is 5.69. The van der Waals surface area contributed by atoms with E-state index in [4.69, 9.17) is 5.73 Å². The number of rotatable bonds is 4. The number of carbonyl (C=O) groups is 4. The van der Waals surface area contributed by atoms with E-state index >= 15 is 0 Å². The Kier molecular flexibility index (Phi) is 4.12. The molecule has 1 atom stereocenters. The maximum atomic E-state index is 13.0. The Labute approximate surface area is 156 Å². The molecule has 1 aromatic carbocycles. The number of nitrogens with one attached hydrogen (secondary N) is 2. The van der Waals surface area contributed by atoms with E-state index in [0.717, 1.165) is 23.3 Å². The molecule has 1 saturated carbocycles. The van der Waals surface area contributed by atoms with Gasteiger partial charge in [0.2, 0.25) is 11.8 Å². The van der Waals surface area contributed by atoms with E-state index in [1.807, 2.05) is 6.07 Å². The van der Waals surface area contributed by atoms with Gasteiger partial charge in [0.25, 0.3) is 11.8 Å². The third-order valence-electron chi connectivity index (χ3n) is 5.69. The molecule has 1 saturated heterocycles. The van der Waals surface area contributed by atoms with Gasteiger partial charge in [-0.1, -0.05) is 12.1 Å². The average Bonchev–Trinajstić information content (AvgIpc) is 2.84. The molecule has 2 fully saturated rings. The van der Waals surface area contributed by atoms with Crippen LogP contribution in [-0.2, 0) is 16.1 Å². The highest BCUT2D eigenvalue weighted by Crippen LogP contribution is 2.33. The van der Waals surface area contributed by atoms with Crippen molar-refractivity contribution in [2.75, 3.05) is 0 Å². The summed E-state index contributed by atoms with van der Waals surface area (Å²) in [5, 5.41) is 5.64. The van der Waals surface area contributed by atoms with Crippen molar-refractivity contribution >= 4 is 23.6 Å². The van der Waals surface area contributed by atoms with Gasteiger partial charge in [-0.25, -0.2) is 0 Å². The van der Waals surface area contributed by atoms with Crippen molar-refractivity contribution < 1.29 is 19.2 Å². The summed E-state index contributed by atoms with van der Waals surface area (Å²) in [4.78, 5) is 50.3. The molecule has 2 aliphatic heterocycles. The Morgan fingerprint density at radius 3 is 2.63 bits per heavy atom. The molecule has 8 heteroatoms. The van der Waals surface area contributed by atoms with E-state index in [1.165, 1.54) is 0 Å². The van der Waals surface area contributed by atoms with Crippen molar-refractivity contribution in [1.82, 2.24) is 15.5 Å². The lowest BCUT2D eigenvalue weighted by atomic mass is 9.74. The smallest absolute Gasteiger partial charge is 0.262 e. The lowest BCUT2D eigenvalue weighted by molar-refractivity contribution is -0.136. The number of benzene rings is 1. The zero-order chi connectivity index (χ0) is 19.3. The van der Waals surface area contributed by atoms with E-state index in [1.54, 1.807) is 12.1 Å². The fraction of sp³-hybridized carbons (Fsp3) is 0.474. The maximum absolute atomic E-state index is 13.0. The van der Waals surface area contributed by atoms with Gasteiger partial charge in [-0.15, -0.1) is 0 Å². The quantitative estimate of drug-likeness (QED) is 0.644. The second-order valence-corrected chi connectivity index (χ2v) is 7.87. The number of carbonyl (C=O) groups excluding carboxylic acids is 4. The summed E-state index contributed by atoms with van der Waals surface area (Å²) in [7, 11) is 0. The number of hydrogen-bond acceptors (Lipinski definition) is 6. The van der Waals surface area contributed by atoms with E-state index in [9.17, 15) is 19.2 Å². The van der Waals surface area contributed by atoms with Gasteiger partial charge in [0.05, 0.1) is 11.1 Å².